The summed E-state index contributed by atoms with van der Waals surface area (Å²) in [6, 6.07) is 5.48. The zero-order chi connectivity index (χ0) is 20.4. The number of piperidine rings is 1. The Labute approximate surface area is 190 Å². The van der Waals surface area contributed by atoms with Crippen molar-refractivity contribution in [2.45, 2.75) is 25.7 Å². The van der Waals surface area contributed by atoms with Gasteiger partial charge in [0.1, 0.15) is 17.2 Å². The number of methoxy groups -OCH3 is 2. The second kappa shape index (κ2) is 13.3. The van der Waals surface area contributed by atoms with E-state index in [-0.39, 0.29) is 29.9 Å². The Morgan fingerprint density at radius 3 is 2.48 bits per heavy atom. The van der Waals surface area contributed by atoms with Crippen LogP contribution in [-0.2, 0) is 4.79 Å². The number of nitrogens with one attached hydrogen (secondary N) is 1. The van der Waals surface area contributed by atoms with E-state index < -0.39 is 0 Å². The topological polar surface area (TPSA) is 98.4 Å². The molecule has 1 saturated heterocycles. The number of nitrogens with zero attached hydrogens (tertiary/aromatic N) is 2. The Bertz CT molecular complexity index is 650. The van der Waals surface area contributed by atoms with Crippen LogP contribution >= 0.6 is 24.0 Å². The summed E-state index contributed by atoms with van der Waals surface area (Å²) >= 11 is 0. The monoisotopic (exact) mass is 520 g/mol. The molecule has 9 heteroatoms. The molecular formula is C20H33IN4O4. The molecule has 1 aromatic carbocycles. The van der Waals surface area contributed by atoms with Crippen LogP contribution in [-0.4, -0.2) is 64.3 Å². The molecule has 1 aliphatic rings. The average Bonchev–Trinajstić information content (AvgIpc) is 2.70. The Morgan fingerprint density at radius 2 is 1.90 bits per heavy atom. The average molecular weight is 520 g/mol. The van der Waals surface area contributed by atoms with Crippen molar-refractivity contribution in [2.24, 2.45) is 16.6 Å². The molecule has 164 valence electrons. The van der Waals surface area contributed by atoms with E-state index in [9.17, 15) is 4.79 Å². The maximum atomic E-state index is 11.2. The van der Waals surface area contributed by atoms with E-state index >= 15 is 0 Å². The minimum atomic E-state index is -0.235. The molecule has 1 aliphatic heterocycles. The number of benzene rings is 1. The van der Waals surface area contributed by atoms with Crippen LogP contribution < -0.4 is 25.3 Å². The van der Waals surface area contributed by atoms with Crippen LogP contribution in [0, 0.1) is 5.92 Å². The summed E-state index contributed by atoms with van der Waals surface area (Å²) in [4.78, 5) is 17.8. The normalized spacial score (nSPS) is 16.6. The van der Waals surface area contributed by atoms with E-state index in [1.807, 2.05) is 18.2 Å². The largest absolute Gasteiger partial charge is 0.496 e. The van der Waals surface area contributed by atoms with Crippen LogP contribution in [0.4, 0.5) is 0 Å². The highest BCUT2D eigenvalue weighted by Gasteiger charge is 2.23. The fourth-order valence-corrected chi connectivity index (χ4v) is 3.37. The molecule has 1 heterocycles. The van der Waals surface area contributed by atoms with Crippen molar-refractivity contribution >= 4 is 35.8 Å². The molecule has 1 fully saturated rings. The Balaban J connectivity index is 0.00000420. The number of nitrogens with two attached hydrogens (primary N) is 1. The number of hydrogen-bond donors (Lipinski definition) is 2. The lowest BCUT2D eigenvalue weighted by molar-refractivity contribution is -0.119. The van der Waals surface area contributed by atoms with Crippen molar-refractivity contribution in [1.82, 2.24) is 10.2 Å². The predicted molar refractivity (Wildman–Crippen MR) is 125 cm³/mol. The number of ether oxygens (including phenoxy) is 3. The summed E-state index contributed by atoms with van der Waals surface area (Å²) in [5.41, 5.74) is 5.34. The second-order valence-corrected chi connectivity index (χ2v) is 6.85. The standard InChI is InChI=1S/C20H32N4O4.HI/c1-22-20(24-8-4-6-15(14-24)10-19(21)25)23-7-5-9-28-18-12-16(26-2)11-17(13-18)27-3;/h11-13,15H,4-10,14H2,1-3H3,(H2,21,25)(H,22,23);1H. The summed E-state index contributed by atoms with van der Waals surface area (Å²) in [6.45, 7) is 3.05. The van der Waals surface area contributed by atoms with Gasteiger partial charge < -0.3 is 30.2 Å². The molecule has 1 aromatic rings. The van der Waals surface area contributed by atoms with E-state index in [1.54, 1.807) is 21.3 Å². The lowest BCUT2D eigenvalue weighted by Gasteiger charge is -2.34. The summed E-state index contributed by atoms with van der Waals surface area (Å²) in [6.07, 6.45) is 3.33. The summed E-state index contributed by atoms with van der Waals surface area (Å²) in [5, 5.41) is 3.37. The lowest BCUT2D eigenvalue weighted by Crippen LogP contribution is -2.47. The molecule has 0 bridgehead atoms. The van der Waals surface area contributed by atoms with Gasteiger partial charge in [0.05, 0.1) is 20.8 Å². The van der Waals surface area contributed by atoms with Crippen LogP contribution in [0.15, 0.2) is 23.2 Å². The predicted octanol–water partition coefficient (Wildman–Crippen LogP) is 2.25. The van der Waals surface area contributed by atoms with E-state index in [2.05, 4.69) is 15.2 Å². The second-order valence-electron chi connectivity index (χ2n) is 6.85. The van der Waals surface area contributed by atoms with Gasteiger partial charge in [-0.25, -0.2) is 0 Å². The molecule has 8 nitrogen and oxygen atoms in total. The maximum absolute atomic E-state index is 11.2. The van der Waals surface area contributed by atoms with Crippen LogP contribution in [0.2, 0.25) is 0 Å². The van der Waals surface area contributed by atoms with Gasteiger partial charge >= 0.3 is 0 Å². The Hall–Kier alpha value is -1.91. The number of amides is 1. The number of primary amides is 1. The molecule has 29 heavy (non-hydrogen) atoms. The lowest BCUT2D eigenvalue weighted by atomic mass is 9.95. The molecule has 0 aliphatic carbocycles. The van der Waals surface area contributed by atoms with Gasteiger partial charge in [-0.05, 0) is 25.2 Å². The molecule has 1 amide bonds. The molecule has 2 rings (SSSR count). The van der Waals surface area contributed by atoms with E-state index in [0.29, 0.717) is 36.2 Å². The van der Waals surface area contributed by atoms with Crippen LogP contribution in [0.5, 0.6) is 17.2 Å². The van der Waals surface area contributed by atoms with Gasteiger partial charge in [0.25, 0.3) is 0 Å². The smallest absolute Gasteiger partial charge is 0.217 e. The Kier molecular flexibility index (Phi) is 11.6. The summed E-state index contributed by atoms with van der Waals surface area (Å²) in [5.74, 6) is 3.03. The molecular weight excluding hydrogens is 487 g/mol. The number of guanidine groups is 1. The summed E-state index contributed by atoms with van der Waals surface area (Å²) in [7, 11) is 5.00. The third-order valence-electron chi connectivity index (χ3n) is 4.72. The third kappa shape index (κ3) is 8.55. The van der Waals surface area contributed by atoms with Gasteiger partial charge in [-0.1, -0.05) is 0 Å². The SMILES string of the molecule is CN=C(NCCCOc1cc(OC)cc(OC)c1)N1CCCC(CC(N)=O)C1.I. The molecule has 0 spiro atoms. The molecule has 3 N–H and O–H groups in total. The number of carbonyl (C=O) groups excluding carboxylic acids is 1. The molecule has 0 radical (unpaired) electrons. The highest BCUT2D eigenvalue weighted by atomic mass is 127. The van der Waals surface area contributed by atoms with Gasteiger partial charge in [0.15, 0.2) is 5.96 Å². The quantitative estimate of drug-likeness (QED) is 0.224. The minimum absolute atomic E-state index is 0. The molecule has 0 aromatic heterocycles. The summed E-state index contributed by atoms with van der Waals surface area (Å²) < 4.78 is 16.3. The van der Waals surface area contributed by atoms with Gasteiger partial charge in [-0.15, -0.1) is 24.0 Å². The molecule has 0 saturated carbocycles. The first-order valence-electron chi connectivity index (χ1n) is 9.65. The number of hydrogen-bond acceptors (Lipinski definition) is 5. The Morgan fingerprint density at radius 1 is 1.24 bits per heavy atom. The van der Waals surface area contributed by atoms with Crippen molar-refractivity contribution in [3.05, 3.63) is 18.2 Å². The first kappa shape index (κ1) is 25.1. The van der Waals surface area contributed by atoms with Gasteiger partial charge in [-0.3, -0.25) is 9.79 Å². The first-order chi connectivity index (χ1) is 13.5. The number of likely N-dealkylation sites (tertiary alicyclic amines) is 1. The van der Waals surface area contributed by atoms with Crippen molar-refractivity contribution in [3.8, 4) is 17.2 Å². The zero-order valence-electron chi connectivity index (χ0n) is 17.5. The number of halogens is 1. The van der Waals surface area contributed by atoms with Crippen LogP contribution in [0.25, 0.3) is 0 Å². The van der Waals surface area contributed by atoms with Gasteiger partial charge in [-0.2, -0.15) is 0 Å². The maximum Gasteiger partial charge on any atom is 0.217 e. The van der Waals surface area contributed by atoms with Gasteiger partial charge in [0.2, 0.25) is 5.91 Å². The molecule has 1 unspecified atom stereocenters. The zero-order valence-corrected chi connectivity index (χ0v) is 19.8. The van der Waals surface area contributed by atoms with Crippen molar-refractivity contribution in [2.75, 3.05) is 47.5 Å². The highest BCUT2D eigenvalue weighted by Crippen LogP contribution is 2.27. The number of aliphatic imine (C=N–C) groups is 1. The van der Waals surface area contributed by atoms with Gasteiger partial charge in [0, 0.05) is 51.3 Å². The fraction of sp³-hybridized carbons (Fsp3) is 0.600. The molecule has 1 atom stereocenters. The van der Waals surface area contributed by atoms with Crippen molar-refractivity contribution in [1.29, 1.82) is 0 Å². The van der Waals surface area contributed by atoms with E-state index in [4.69, 9.17) is 19.9 Å². The first-order valence-corrected chi connectivity index (χ1v) is 9.65. The van der Waals surface area contributed by atoms with E-state index in [0.717, 1.165) is 44.9 Å². The minimum Gasteiger partial charge on any atom is -0.496 e. The van der Waals surface area contributed by atoms with E-state index in [1.165, 1.54) is 0 Å². The number of carbonyl (C=O) groups is 1. The fourth-order valence-electron chi connectivity index (χ4n) is 3.37. The van der Waals surface area contributed by atoms with Crippen molar-refractivity contribution < 1.29 is 19.0 Å². The highest BCUT2D eigenvalue weighted by molar-refractivity contribution is 14.0. The van der Waals surface area contributed by atoms with Crippen LogP contribution in [0.1, 0.15) is 25.7 Å². The van der Waals surface area contributed by atoms with Crippen LogP contribution in [0.3, 0.4) is 0 Å². The third-order valence-corrected chi connectivity index (χ3v) is 4.72. The number of rotatable bonds is 9. The van der Waals surface area contributed by atoms with Crippen molar-refractivity contribution in [3.63, 3.8) is 0 Å².